The van der Waals surface area contributed by atoms with Crippen LogP contribution in [0.5, 0.6) is 5.75 Å². The van der Waals surface area contributed by atoms with Gasteiger partial charge < -0.3 is 10.1 Å². The average molecular weight is 313 g/mol. The molecule has 0 radical (unpaired) electrons. The molecule has 0 bridgehead atoms. The maximum atomic E-state index is 12.5. The summed E-state index contributed by atoms with van der Waals surface area (Å²) in [6, 6.07) is 7.31. The third-order valence-electron chi connectivity index (χ3n) is 3.87. The van der Waals surface area contributed by atoms with Gasteiger partial charge >= 0.3 is 0 Å². The second-order valence-corrected chi connectivity index (χ2v) is 8.03. The molecule has 0 saturated heterocycles. The zero-order valence-electron chi connectivity index (χ0n) is 13.6. The number of rotatable bonds is 8. The van der Waals surface area contributed by atoms with Crippen molar-refractivity contribution in [3.05, 3.63) is 29.8 Å². The van der Waals surface area contributed by atoms with Crippen LogP contribution in [0.3, 0.4) is 0 Å². The maximum Gasteiger partial charge on any atom is 0.155 e. The molecule has 120 valence electrons. The van der Waals surface area contributed by atoms with E-state index >= 15 is 0 Å². The molecule has 1 rings (SSSR count). The Bertz CT molecular complexity index is 540. The van der Waals surface area contributed by atoms with Crippen molar-refractivity contribution in [2.75, 3.05) is 19.4 Å². The first-order chi connectivity index (χ1) is 9.83. The Balaban J connectivity index is 3.08. The first-order valence-electron chi connectivity index (χ1n) is 7.41. The number of hydrogen-bond acceptors (Lipinski definition) is 4. The zero-order valence-corrected chi connectivity index (χ0v) is 14.4. The molecule has 2 unspecified atom stereocenters. The van der Waals surface area contributed by atoms with E-state index in [2.05, 4.69) is 5.32 Å². The summed E-state index contributed by atoms with van der Waals surface area (Å²) in [6.07, 6.45) is 0. The lowest BCUT2D eigenvalue weighted by Gasteiger charge is -2.24. The molecule has 0 fully saturated rings. The topological polar surface area (TPSA) is 55.4 Å². The van der Waals surface area contributed by atoms with Crippen molar-refractivity contribution in [2.45, 2.75) is 39.0 Å². The lowest BCUT2D eigenvalue weighted by atomic mass is 10.1. The summed E-state index contributed by atoms with van der Waals surface area (Å²) in [5.74, 6) is 0.909. The van der Waals surface area contributed by atoms with Crippen LogP contribution in [0.25, 0.3) is 0 Å². The van der Waals surface area contributed by atoms with E-state index in [4.69, 9.17) is 4.74 Å². The Morgan fingerprint density at radius 2 is 1.81 bits per heavy atom. The summed E-state index contributed by atoms with van der Waals surface area (Å²) in [7, 11) is -1.57. The van der Waals surface area contributed by atoms with Crippen molar-refractivity contribution in [2.24, 2.45) is 5.92 Å². The lowest BCUT2D eigenvalue weighted by Crippen LogP contribution is -2.34. The predicted octanol–water partition coefficient (Wildman–Crippen LogP) is 2.81. The fraction of sp³-hybridized carbons (Fsp3) is 0.625. The standard InChI is InChI=1S/C16H27NO3S/c1-6-17-15(11-21(18,19)13(4)12(2)3)14-9-7-8-10-16(14)20-5/h7-10,12-13,15,17H,6,11H2,1-5H3. The lowest BCUT2D eigenvalue weighted by molar-refractivity contribution is 0.402. The van der Waals surface area contributed by atoms with E-state index in [1.165, 1.54) is 0 Å². The van der Waals surface area contributed by atoms with Gasteiger partial charge in [-0.15, -0.1) is 0 Å². The molecule has 2 atom stereocenters. The molecular weight excluding hydrogens is 286 g/mol. The van der Waals surface area contributed by atoms with Gasteiger partial charge in [0.15, 0.2) is 9.84 Å². The minimum Gasteiger partial charge on any atom is -0.496 e. The second-order valence-electron chi connectivity index (χ2n) is 5.63. The summed E-state index contributed by atoms with van der Waals surface area (Å²) in [5, 5.41) is 2.91. The highest BCUT2D eigenvalue weighted by molar-refractivity contribution is 7.92. The number of hydrogen-bond donors (Lipinski definition) is 1. The van der Waals surface area contributed by atoms with Crippen molar-refractivity contribution in [1.29, 1.82) is 0 Å². The SMILES string of the molecule is CCNC(CS(=O)(=O)C(C)C(C)C)c1ccccc1OC. The highest BCUT2D eigenvalue weighted by atomic mass is 32.2. The van der Waals surface area contributed by atoms with Crippen LogP contribution in [0.4, 0.5) is 0 Å². The normalized spacial score (nSPS) is 15.0. The van der Waals surface area contributed by atoms with Gasteiger partial charge in [0.2, 0.25) is 0 Å². The summed E-state index contributed by atoms with van der Waals surface area (Å²) in [4.78, 5) is 0. The molecule has 4 nitrogen and oxygen atoms in total. The molecule has 0 aliphatic rings. The fourth-order valence-corrected chi connectivity index (χ4v) is 4.15. The molecule has 0 heterocycles. The summed E-state index contributed by atoms with van der Waals surface area (Å²) < 4.78 is 30.5. The summed E-state index contributed by atoms with van der Waals surface area (Å²) >= 11 is 0. The van der Waals surface area contributed by atoms with Crippen LogP contribution < -0.4 is 10.1 Å². The molecule has 0 aliphatic heterocycles. The van der Waals surface area contributed by atoms with Crippen LogP contribution in [-0.4, -0.2) is 33.1 Å². The van der Waals surface area contributed by atoms with E-state index in [9.17, 15) is 8.42 Å². The van der Waals surface area contributed by atoms with Crippen molar-refractivity contribution < 1.29 is 13.2 Å². The van der Waals surface area contributed by atoms with E-state index in [1.807, 2.05) is 45.0 Å². The fourth-order valence-electron chi connectivity index (χ4n) is 2.26. The van der Waals surface area contributed by atoms with E-state index in [-0.39, 0.29) is 23.0 Å². The van der Waals surface area contributed by atoms with Crippen LogP contribution in [0.2, 0.25) is 0 Å². The van der Waals surface area contributed by atoms with Gasteiger partial charge in [-0.2, -0.15) is 0 Å². The minimum absolute atomic E-state index is 0.0839. The third kappa shape index (κ3) is 4.71. The maximum absolute atomic E-state index is 12.5. The highest BCUT2D eigenvalue weighted by Crippen LogP contribution is 2.27. The minimum atomic E-state index is -3.17. The summed E-state index contributed by atoms with van der Waals surface area (Å²) in [6.45, 7) is 8.33. The number of sulfone groups is 1. The quantitative estimate of drug-likeness (QED) is 0.802. The van der Waals surface area contributed by atoms with Crippen LogP contribution in [0.1, 0.15) is 39.3 Å². The third-order valence-corrected chi connectivity index (χ3v) is 6.34. The Labute approximate surface area is 128 Å². The first-order valence-corrected chi connectivity index (χ1v) is 9.12. The molecule has 1 N–H and O–H groups in total. The van der Waals surface area contributed by atoms with Gasteiger partial charge in [-0.1, -0.05) is 39.0 Å². The van der Waals surface area contributed by atoms with Crippen molar-refractivity contribution in [3.63, 3.8) is 0 Å². The number of methoxy groups -OCH3 is 1. The van der Waals surface area contributed by atoms with Crippen LogP contribution in [0, 0.1) is 5.92 Å². The number of benzene rings is 1. The molecule has 0 aromatic heterocycles. The number of nitrogens with one attached hydrogen (secondary N) is 1. The largest absolute Gasteiger partial charge is 0.496 e. The molecule has 0 saturated carbocycles. The molecule has 1 aromatic carbocycles. The number of ether oxygens (including phenoxy) is 1. The van der Waals surface area contributed by atoms with E-state index < -0.39 is 9.84 Å². The smallest absolute Gasteiger partial charge is 0.155 e. The highest BCUT2D eigenvalue weighted by Gasteiger charge is 2.29. The van der Waals surface area contributed by atoms with Crippen molar-refractivity contribution in [1.82, 2.24) is 5.32 Å². The van der Waals surface area contributed by atoms with E-state index in [1.54, 1.807) is 14.0 Å². The monoisotopic (exact) mass is 313 g/mol. The van der Waals surface area contributed by atoms with Gasteiger partial charge in [-0.05, 0) is 25.5 Å². The molecule has 5 heteroatoms. The molecule has 0 spiro atoms. The van der Waals surface area contributed by atoms with E-state index in [0.717, 1.165) is 11.3 Å². The summed E-state index contributed by atoms with van der Waals surface area (Å²) in [5.41, 5.74) is 0.890. The van der Waals surface area contributed by atoms with Crippen molar-refractivity contribution in [3.8, 4) is 5.75 Å². The van der Waals surface area contributed by atoms with Gasteiger partial charge in [0, 0.05) is 11.6 Å². The average Bonchev–Trinajstić information content (AvgIpc) is 2.45. The molecule has 0 aliphatic carbocycles. The van der Waals surface area contributed by atoms with Gasteiger partial charge in [0.05, 0.1) is 18.1 Å². The molecular formula is C16H27NO3S. The van der Waals surface area contributed by atoms with Gasteiger partial charge in [0.25, 0.3) is 0 Å². The van der Waals surface area contributed by atoms with E-state index in [0.29, 0.717) is 6.54 Å². The predicted molar refractivity (Wildman–Crippen MR) is 87.5 cm³/mol. The van der Waals surface area contributed by atoms with Crippen LogP contribution >= 0.6 is 0 Å². The Kier molecular flexibility index (Phi) is 6.68. The van der Waals surface area contributed by atoms with Crippen LogP contribution in [0.15, 0.2) is 24.3 Å². The van der Waals surface area contributed by atoms with Gasteiger partial charge in [0.1, 0.15) is 5.75 Å². The molecule has 1 aromatic rings. The first kappa shape index (κ1) is 18.0. The Morgan fingerprint density at radius 1 is 1.19 bits per heavy atom. The molecule has 0 amide bonds. The zero-order chi connectivity index (χ0) is 16.0. The number of para-hydroxylation sites is 1. The van der Waals surface area contributed by atoms with Crippen molar-refractivity contribution >= 4 is 9.84 Å². The van der Waals surface area contributed by atoms with Gasteiger partial charge in [-0.25, -0.2) is 8.42 Å². The Morgan fingerprint density at radius 3 is 2.33 bits per heavy atom. The second kappa shape index (κ2) is 7.80. The molecule has 21 heavy (non-hydrogen) atoms. The van der Waals surface area contributed by atoms with Crippen LogP contribution in [-0.2, 0) is 9.84 Å². The van der Waals surface area contributed by atoms with Gasteiger partial charge in [-0.3, -0.25) is 0 Å². The Hall–Kier alpha value is -1.07.